The first kappa shape index (κ1) is 25.0. The molecule has 1 aliphatic rings. The lowest BCUT2D eigenvalue weighted by Gasteiger charge is -2.45. The molecule has 10 heteroatoms. The second-order valence-corrected chi connectivity index (χ2v) is 11.7. The number of piperazine rings is 1. The smallest absolute Gasteiger partial charge is 0.347 e. The van der Waals surface area contributed by atoms with Crippen LogP contribution < -0.4 is 10.6 Å². The maximum Gasteiger partial charge on any atom is 0.355 e. The second-order valence-electron chi connectivity index (χ2n) is 11.3. The molecule has 5 rings (SSSR count). The van der Waals surface area contributed by atoms with Crippen LogP contribution in [0.15, 0.2) is 60.5 Å². The molecule has 8 nitrogen and oxygen atoms in total. The van der Waals surface area contributed by atoms with Gasteiger partial charge in [0.05, 0.1) is 30.2 Å². The highest BCUT2D eigenvalue weighted by Gasteiger charge is 2.34. The Morgan fingerprint density at radius 1 is 1.23 bits per heavy atom. The summed E-state index contributed by atoms with van der Waals surface area (Å²) in [5.41, 5.74) is -0.570. The minimum absolute atomic E-state index is 0.0106. The van der Waals surface area contributed by atoms with Crippen molar-refractivity contribution in [2.24, 2.45) is 0 Å². The monoisotopic (exact) mass is 619 g/mol. The highest BCUT2D eigenvalue weighted by molar-refractivity contribution is 6.34. The lowest BCUT2D eigenvalue weighted by molar-refractivity contribution is -0.127. The van der Waals surface area contributed by atoms with Crippen LogP contribution in [0.4, 0.5) is 10.2 Å². The van der Waals surface area contributed by atoms with Gasteiger partial charge in [-0.3, -0.25) is 9.78 Å². The Labute approximate surface area is 268 Å². The molecule has 1 fully saturated rings. The van der Waals surface area contributed by atoms with Crippen molar-refractivity contribution in [3.05, 3.63) is 93.9 Å². The fourth-order valence-corrected chi connectivity index (χ4v) is 6.18. The average Bonchev–Trinajstić information content (AvgIpc) is 3.02. The van der Waals surface area contributed by atoms with Gasteiger partial charge in [-0.1, -0.05) is 56.3 Å². The number of allylic oxidation sites excluding steroid dienone is 1. The number of hydrogen-bond acceptors (Lipinski definition) is 6. The van der Waals surface area contributed by atoms with E-state index in [2.05, 4.69) is 16.5 Å². The van der Waals surface area contributed by atoms with Crippen LogP contribution in [0.5, 0.6) is 0 Å². The predicted octanol–water partition coefficient (Wildman–Crippen LogP) is 6.71. The second kappa shape index (κ2) is 12.0. The summed E-state index contributed by atoms with van der Waals surface area (Å²) in [7, 11) is 0. The van der Waals surface area contributed by atoms with Crippen LogP contribution in [-0.2, 0) is 4.79 Å². The number of amides is 1. The SMILES string of the molecule is [2H]C([2H])=C(C)c1cccc(F)c1-c1nc2c(cc1Cl)c(N1[C@@H](C)CN(C(=O)C=C)C[C@@H]1C)nc(=O)n2-c1c(C([2H])([2H])[2H])ccnc1C(C)C. The Bertz CT molecular complexity index is 2070. The molecule has 3 aromatic heterocycles. The molecule has 44 heavy (non-hydrogen) atoms. The highest BCUT2D eigenvalue weighted by Crippen LogP contribution is 2.39. The zero-order valence-corrected chi connectivity index (χ0v) is 25.9. The lowest BCUT2D eigenvalue weighted by atomic mass is 9.98. The van der Waals surface area contributed by atoms with Gasteiger partial charge >= 0.3 is 5.69 Å². The molecular formula is C34H36ClFN6O2. The summed E-state index contributed by atoms with van der Waals surface area (Å²) < 4.78 is 57.7. The van der Waals surface area contributed by atoms with Crippen molar-refractivity contribution >= 4 is 39.9 Å². The van der Waals surface area contributed by atoms with Crippen molar-refractivity contribution < 1.29 is 16.0 Å². The Balaban J connectivity index is 1.94. The Hall–Kier alpha value is -4.37. The summed E-state index contributed by atoms with van der Waals surface area (Å²) in [6.07, 6.45) is 2.62. The molecule has 1 saturated heterocycles. The molecule has 0 radical (unpaired) electrons. The third kappa shape index (κ3) is 5.30. The third-order valence-corrected chi connectivity index (χ3v) is 8.12. The van der Waals surface area contributed by atoms with E-state index in [-0.39, 0.29) is 79.4 Å². The van der Waals surface area contributed by atoms with Crippen molar-refractivity contribution in [2.45, 2.75) is 59.5 Å². The van der Waals surface area contributed by atoms with Crippen molar-refractivity contribution in [3.63, 3.8) is 0 Å². The van der Waals surface area contributed by atoms with E-state index in [1.807, 2.05) is 32.6 Å². The number of fused-ring (bicyclic) bond motifs is 1. The van der Waals surface area contributed by atoms with Gasteiger partial charge in [-0.2, -0.15) is 4.98 Å². The number of hydrogen-bond donors (Lipinski definition) is 0. The summed E-state index contributed by atoms with van der Waals surface area (Å²) in [5, 5.41) is 0.265. The molecule has 0 bridgehead atoms. The maximum atomic E-state index is 15.8. The quantitative estimate of drug-likeness (QED) is 0.223. The molecule has 1 aliphatic heterocycles. The van der Waals surface area contributed by atoms with E-state index < -0.39 is 24.9 Å². The predicted molar refractivity (Wildman–Crippen MR) is 175 cm³/mol. The molecule has 0 saturated carbocycles. The third-order valence-electron chi connectivity index (χ3n) is 7.83. The fraction of sp³-hybridized carbons (Fsp3) is 0.324. The van der Waals surface area contributed by atoms with Crippen LogP contribution in [0.2, 0.25) is 5.02 Å². The van der Waals surface area contributed by atoms with Crippen molar-refractivity contribution in [1.82, 2.24) is 24.4 Å². The topological polar surface area (TPSA) is 84.2 Å². The molecule has 2 atom stereocenters. The summed E-state index contributed by atoms with van der Waals surface area (Å²) in [4.78, 5) is 44.2. The largest absolute Gasteiger partial charge is 0.355 e. The Kier molecular flexibility index (Phi) is 6.80. The molecule has 228 valence electrons. The van der Waals surface area contributed by atoms with Crippen LogP contribution in [0.3, 0.4) is 0 Å². The van der Waals surface area contributed by atoms with Gasteiger partial charge in [-0.15, -0.1) is 0 Å². The molecule has 4 aromatic rings. The van der Waals surface area contributed by atoms with Gasteiger partial charge in [0.1, 0.15) is 11.6 Å². The van der Waals surface area contributed by atoms with Gasteiger partial charge in [-0.05, 0) is 68.9 Å². The Morgan fingerprint density at radius 3 is 2.59 bits per heavy atom. The number of halogens is 2. The van der Waals surface area contributed by atoms with Crippen LogP contribution in [-0.4, -0.2) is 55.5 Å². The number of nitrogens with zero attached hydrogens (tertiary/aromatic N) is 6. The first-order valence-corrected chi connectivity index (χ1v) is 14.6. The summed E-state index contributed by atoms with van der Waals surface area (Å²) in [5.74, 6) is -1.09. The minimum Gasteiger partial charge on any atom is -0.347 e. The van der Waals surface area contributed by atoms with Gasteiger partial charge in [0.15, 0.2) is 5.65 Å². The number of anilines is 1. The fourth-order valence-electron chi connectivity index (χ4n) is 5.93. The zero-order chi connectivity index (χ0) is 36.1. The zero-order valence-electron chi connectivity index (χ0n) is 30.2. The number of benzene rings is 1. The summed E-state index contributed by atoms with van der Waals surface area (Å²) in [6, 6.07) is 6.35. The normalized spacial score (nSPS) is 18.8. The van der Waals surface area contributed by atoms with E-state index in [9.17, 15) is 9.59 Å². The lowest BCUT2D eigenvalue weighted by Crippen LogP contribution is -2.58. The molecule has 0 spiro atoms. The molecule has 1 aromatic carbocycles. The number of carbonyl (C=O) groups is 1. The highest BCUT2D eigenvalue weighted by atomic mass is 35.5. The average molecular weight is 620 g/mol. The number of carbonyl (C=O) groups excluding carboxylic acids is 1. The molecule has 0 aliphatic carbocycles. The number of pyridine rings is 2. The van der Waals surface area contributed by atoms with Gasteiger partial charge in [-0.25, -0.2) is 18.7 Å². The first-order chi connectivity index (χ1) is 23.0. The maximum absolute atomic E-state index is 15.8. The van der Waals surface area contributed by atoms with Crippen LogP contribution in [0, 0.1) is 12.7 Å². The van der Waals surface area contributed by atoms with Crippen LogP contribution in [0.1, 0.15) is 64.2 Å². The standard InChI is InChI=1S/C34H36ClFN6O2/c1-9-27(43)40-16-21(7)41(22(8)17-40)33-24-15-25(35)30(28-23(18(2)3)11-10-12-26(28)36)38-32(24)42(34(44)39-33)31-20(6)13-14-37-29(31)19(4)5/h9-15,19,21-22H,1-2,16-17H2,3-8H3/t21-,22-/m0/s1/i2D2,6D3. The van der Waals surface area contributed by atoms with E-state index >= 15 is 4.39 Å². The van der Waals surface area contributed by atoms with E-state index in [4.69, 9.17) is 23.4 Å². The van der Waals surface area contributed by atoms with Crippen molar-refractivity contribution in [2.75, 3.05) is 18.0 Å². The molecule has 4 heterocycles. The van der Waals surface area contributed by atoms with Gasteiger partial charge in [0, 0.05) is 41.0 Å². The Morgan fingerprint density at radius 2 is 1.95 bits per heavy atom. The number of aromatic nitrogens is 4. The van der Waals surface area contributed by atoms with E-state index in [0.717, 1.165) is 4.57 Å². The molecular weight excluding hydrogens is 579 g/mol. The summed E-state index contributed by atoms with van der Waals surface area (Å²) in [6.45, 7) is 9.89. The van der Waals surface area contributed by atoms with Crippen molar-refractivity contribution in [3.8, 4) is 16.9 Å². The van der Waals surface area contributed by atoms with Gasteiger partial charge in [0.2, 0.25) is 5.91 Å². The van der Waals surface area contributed by atoms with Gasteiger partial charge in [0.25, 0.3) is 0 Å². The molecule has 0 unspecified atom stereocenters. The number of aryl methyl sites for hydroxylation is 1. The minimum atomic E-state index is -2.67. The number of rotatable bonds is 6. The van der Waals surface area contributed by atoms with Crippen LogP contribution >= 0.6 is 11.6 Å². The van der Waals surface area contributed by atoms with Crippen LogP contribution in [0.25, 0.3) is 33.6 Å². The van der Waals surface area contributed by atoms with E-state index in [1.54, 1.807) is 11.0 Å². The van der Waals surface area contributed by atoms with E-state index in [0.29, 0.717) is 18.8 Å². The van der Waals surface area contributed by atoms with Crippen molar-refractivity contribution in [1.29, 1.82) is 0 Å². The van der Waals surface area contributed by atoms with Gasteiger partial charge < -0.3 is 9.80 Å². The first-order valence-electron chi connectivity index (χ1n) is 16.7. The molecule has 0 N–H and O–H groups in total. The summed E-state index contributed by atoms with van der Waals surface area (Å²) >= 11 is 6.92. The van der Waals surface area contributed by atoms with E-state index in [1.165, 1.54) is 43.5 Å². The molecule has 1 amide bonds.